The largest absolute Gasteiger partial charge is 0.396 e. The number of ether oxygens (including phenoxy) is 2. The first-order valence-electron chi connectivity index (χ1n) is 8.54. The van der Waals surface area contributed by atoms with E-state index in [1.165, 1.54) is 0 Å². The van der Waals surface area contributed by atoms with Crippen molar-refractivity contribution < 1.29 is 14.6 Å². The molecule has 2 unspecified atom stereocenters. The second-order valence-corrected chi connectivity index (χ2v) is 6.80. The van der Waals surface area contributed by atoms with E-state index in [4.69, 9.17) is 21.1 Å². The van der Waals surface area contributed by atoms with E-state index in [0.29, 0.717) is 30.7 Å². The highest BCUT2D eigenvalue weighted by molar-refractivity contribution is 14.0. The SMILES string of the molecule is CN=C(NCC(OC)c1cccc(Cl)c1)NCC1(CCO)CCOC1.I. The van der Waals surface area contributed by atoms with Crippen molar-refractivity contribution in [2.45, 2.75) is 18.9 Å². The lowest BCUT2D eigenvalue weighted by molar-refractivity contribution is 0.106. The summed E-state index contributed by atoms with van der Waals surface area (Å²) in [7, 11) is 3.41. The molecule has 0 radical (unpaired) electrons. The molecule has 8 heteroatoms. The Hall–Kier alpha value is -0.610. The predicted molar refractivity (Wildman–Crippen MR) is 116 cm³/mol. The van der Waals surface area contributed by atoms with Gasteiger partial charge in [0.1, 0.15) is 0 Å². The molecule has 26 heavy (non-hydrogen) atoms. The summed E-state index contributed by atoms with van der Waals surface area (Å²) >= 11 is 6.06. The molecule has 1 aromatic carbocycles. The Morgan fingerprint density at radius 2 is 2.27 bits per heavy atom. The summed E-state index contributed by atoms with van der Waals surface area (Å²) in [6, 6.07) is 7.65. The summed E-state index contributed by atoms with van der Waals surface area (Å²) in [5.74, 6) is 0.702. The van der Waals surface area contributed by atoms with Crippen LogP contribution in [0.3, 0.4) is 0 Å². The molecule has 2 rings (SSSR count). The van der Waals surface area contributed by atoms with Gasteiger partial charge in [-0.05, 0) is 30.5 Å². The highest BCUT2D eigenvalue weighted by Gasteiger charge is 2.34. The first-order valence-corrected chi connectivity index (χ1v) is 8.91. The zero-order valence-electron chi connectivity index (χ0n) is 15.3. The summed E-state index contributed by atoms with van der Waals surface area (Å²) < 4.78 is 11.1. The standard InChI is InChI=1S/C18H28ClN3O3.HI/c1-20-17(22-12-18(6-8-23)7-9-25-13-18)21-11-16(24-2)14-4-3-5-15(19)10-14;/h3-5,10,16,23H,6-9,11-13H2,1-2H3,(H2,20,21,22);1H. The molecule has 0 aliphatic carbocycles. The number of halogens is 2. The summed E-state index contributed by atoms with van der Waals surface area (Å²) in [6.45, 7) is 2.86. The van der Waals surface area contributed by atoms with Gasteiger partial charge in [0.25, 0.3) is 0 Å². The molecule has 0 spiro atoms. The third kappa shape index (κ3) is 6.84. The minimum atomic E-state index is -0.126. The van der Waals surface area contributed by atoms with Gasteiger partial charge in [-0.2, -0.15) is 0 Å². The van der Waals surface area contributed by atoms with Gasteiger partial charge >= 0.3 is 0 Å². The van der Waals surface area contributed by atoms with Gasteiger partial charge in [-0.25, -0.2) is 0 Å². The van der Waals surface area contributed by atoms with Gasteiger partial charge in [0.15, 0.2) is 5.96 Å². The maximum atomic E-state index is 9.31. The number of guanidine groups is 1. The normalized spacial score (nSPS) is 21.2. The average Bonchev–Trinajstić information content (AvgIpc) is 3.07. The van der Waals surface area contributed by atoms with E-state index in [1.807, 2.05) is 24.3 Å². The van der Waals surface area contributed by atoms with Crippen LogP contribution in [0.2, 0.25) is 5.02 Å². The molecule has 1 saturated heterocycles. The predicted octanol–water partition coefficient (Wildman–Crippen LogP) is 2.60. The first kappa shape index (κ1) is 23.4. The lowest BCUT2D eigenvalue weighted by atomic mass is 9.84. The van der Waals surface area contributed by atoms with Crippen LogP contribution in [0.5, 0.6) is 0 Å². The van der Waals surface area contributed by atoms with Crippen molar-refractivity contribution in [2.75, 3.05) is 47.1 Å². The number of methoxy groups -OCH3 is 1. The smallest absolute Gasteiger partial charge is 0.191 e. The van der Waals surface area contributed by atoms with Crippen LogP contribution in [-0.2, 0) is 9.47 Å². The van der Waals surface area contributed by atoms with Crippen LogP contribution < -0.4 is 10.6 Å². The number of hydrogen-bond donors (Lipinski definition) is 3. The van der Waals surface area contributed by atoms with Crippen LogP contribution in [0, 0.1) is 5.41 Å². The minimum Gasteiger partial charge on any atom is -0.396 e. The summed E-state index contributed by atoms with van der Waals surface area (Å²) in [6.07, 6.45) is 1.54. The molecule has 6 nitrogen and oxygen atoms in total. The molecule has 0 bridgehead atoms. The number of nitrogens with one attached hydrogen (secondary N) is 2. The fourth-order valence-corrected chi connectivity index (χ4v) is 3.24. The van der Waals surface area contributed by atoms with Crippen molar-refractivity contribution >= 4 is 41.5 Å². The average molecular weight is 498 g/mol. The van der Waals surface area contributed by atoms with E-state index in [9.17, 15) is 5.11 Å². The van der Waals surface area contributed by atoms with E-state index in [2.05, 4.69) is 15.6 Å². The molecule has 0 amide bonds. The van der Waals surface area contributed by atoms with Crippen molar-refractivity contribution in [2.24, 2.45) is 10.4 Å². The van der Waals surface area contributed by atoms with Gasteiger partial charge in [0, 0.05) is 50.9 Å². The Balaban J connectivity index is 0.00000338. The van der Waals surface area contributed by atoms with Crippen LogP contribution in [0.1, 0.15) is 24.5 Å². The fourth-order valence-electron chi connectivity index (χ4n) is 3.04. The third-order valence-electron chi connectivity index (χ3n) is 4.64. The first-order chi connectivity index (χ1) is 12.1. The van der Waals surface area contributed by atoms with Gasteiger partial charge in [0.2, 0.25) is 0 Å². The van der Waals surface area contributed by atoms with Crippen LogP contribution in [0.15, 0.2) is 29.3 Å². The number of benzene rings is 1. The van der Waals surface area contributed by atoms with Crippen molar-refractivity contribution in [3.8, 4) is 0 Å². The Bertz CT molecular complexity index is 568. The summed E-state index contributed by atoms with van der Waals surface area (Å²) in [5, 5.41) is 16.6. The van der Waals surface area contributed by atoms with Crippen molar-refractivity contribution in [3.63, 3.8) is 0 Å². The molecule has 1 heterocycles. The van der Waals surface area contributed by atoms with E-state index in [1.54, 1.807) is 14.2 Å². The Morgan fingerprint density at radius 1 is 1.46 bits per heavy atom. The van der Waals surface area contributed by atoms with Gasteiger partial charge in [-0.15, -0.1) is 24.0 Å². The quantitative estimate of drug-likeness (QED) is 0.292. The lowest BCUT2D eigenvalue weighted by Crippen LogP contribution is -2.45. The molecular formula is C18H29ClIN3O3. The van der Waals surface area contributed by atoms with Crippen LogP contribution in [0.4, 0.5) is 0 Å². The summed E-state index contributed by atoms with van der Waals surface area (Å²) in [5.41, 5.74) is 0.985. The number of nitrogens with zero attached hydrogens (tertiary/aromatic N) is 1. The minimum absolute atomic E-state index is 0. The zero-order chi connectivity index (χ0) is 18.1. The number of aliphatic hydroxyl groups is 1. The molecule has 148 valence electrons. The summed E-state index contributed by atoms with van der Waals surface area (Å²) in [4.78, 5) is 4.27. The lowest BCUT2D eigenvalue weighted by Gasteiger charge is -2.28. The Labute approximate surface area is 177 Å². The van der Waals surface area contributed by atoms with Crippen LogP contribution >= 0.6 is 35.6 Å². The monoisotopic (exact) mass is 497 g/mol. The fraction of sp³-hybridized carbons (Fsp3) is 0.611. The second kappa shape index (κ2) is 12.0. The van der Waals surface area contributed by atoms with E-state index < -0.39 is 0 Å². The highest BCUT2D eigenvalue weighted by atomic mass is 127. The molecule has 0 saturated carbocycles. The van der Waals surface area contributed by atoms with Crippen molar-refractivity contribution in [3.05, 3.63) is 34.9 Å². The molecule has 1 aliphatic rings. The van der Waals surface area contributed by atoms with E-state index >= 15 is 0 Å². The number of aliphatic imine (C=N–C) groups is 1. The second-order valence-electron chi connectivity index (χ2n) is 6.36. The van der Waals surface area contributed by atoms with Gasteiger partial charge in [-0.3, -0.25) is 4.99 Å². The molecule has 1 fully saturated rings. The maximum absolute atomic E-state index is 9.31. The maximum Gasteiger partial charge on any atom is 0.191 e. The highest BCUT2D eigenvalue weighted by Crippen LogP contribution is 2.31. The Kier molecular flexibility index (Phi) is 10.8. The molecular weight excluding hydrogens is 469 g/mol. The van der Waals surface area contributed by atoms with Crippen LogP contribution in [0.25, 0.3) is 0 Å². The van der Waals surface area contributed by atoms with E-state index in [0.717, 1.165) is 25.0 Å². The topological polar surface area (TPSA) is 75.1 Å². The number of hydrogen-bond acceptors (Lipinski definition) is 4. The number of aliphatic hydroxyl groups excluding tert-OH is 1. The van der Waals surface area contributed by atoms with Crippen LogP contribution in [-0.4, -0.2) is 58.1 Å². The molecule has 2 atom stereocenters. The van der Waals surface area contributed by atoms with Crippen molar-refractivity contribution in [1.82, 2.24) is 10.6 Å². The molecule has 0 aromatic heterocycles. The van der Waals surface area contributed by atoms with Gasteiger partial charge in [0.05, 0.1) is 12.7 Å². The van der Waals surface area contributed by atoms with Gasteiger partial charge < -0.3 is 25.2 Å². The molecule has 3 N–H and O–H groups in total. The third-order valence-corrected chi connectivity index (χ3v) is 4.88. The zero-order valence-corrected chi connectivity index (χ0v) is 18.4. The molecule has 1 aliphatic heterocycles. The Morgan fingerprint density at radius 3 is 2.85 bits per heavy atom. The van der Waals surface area contributed by atoms with E-state index in [-0.39, 0.29) is 42.1 Å². The number of rotatable bonds is 8. The van der Waals surface area contributed by atoms with Gasteiger partial charge in [-0.1, -0.05) is 23.7 Å². The molecule has 1 aromatic rings. The van der Waals surface area contributed by atoms with Crippen molar-refractivity contribution in [1.29, 1.82) is 0 Å².